The van der Waals surface area contributed by atoms with E-state index in [1.165, 1.54) is 0 Å². The maximum Gasteiger partial charge on any atom is 0.107 e. The predicted octanol–water partition coefficient (Wildman–Crippen LogP) is 4.95. The zero-order chi connectivity index (χ0) is 14.5. The Balaban J connectivity index is 2.05. The van der Waals surface area contributed by atoms with Crippen LogP contribution >= 0.6 is 0 Å². The van der Waals surface area contributed by atoms with Gasteiger partial charge in [-0.1, -0.05) is 32.6 Å². The highest BCUT2D eigenvalue weighted by Gasteiger charge is 2.10. The lowest BCUT2D eigenvalue weighted by molar-refractivity contribution is 0.576. The molecule has 0 saturated heterocycles. The second-order valence-electron chi connectivity index (χ2n) is 5.22. The highest BCUT2D eigenvalue weighted by atomic mass is 19.1. The summed E-state index contributed by atoms with van der Waals surface area (Å²) in [6.07, 6.45) is 3.60. The van der Waals surface area contributed by atoms with Crippen LogP contribution < -0.4 is 0 Å². The van der Waals surface area contributed by atoms with E-state index < -0.39 is 0 Å². The van der Waals surface area contributed by atoms with Crippen molar-refractivity contribution in [2.45, 2.75) is 33.1 Å². The van der Waals surface area contributed by atoms with Gasteiger partial charge in [0.15, 0.2) is 0 Å². The van der Waals surface area contributed by atoms with Gasteiger partial charge in [0.05, 0.1) is 11.0 Å². The van der Waals surface area contributed by atoms with Gasteiger partial charge in [-0.25, -0.2) is 9.37 Å². The van der Waals surface area contributed by atoms with Gasteiger partial charge in [-0.2, -0.15) is 0 Å². The van der Waals surface area contributed by atoms with Gasteiger partial charge in [0.2, 0.25) is 0 Å². The Morgan fingerprint density at radius 3 is 2.90 bits per heavy atom. The Hall–Kier alpha value is -1.90. The van der Waals surface area contributed by atoms with Crippen LogP contribution in [0.5, 0.6) is 0 Å². The van der Waals surface area contributed by atoms with Crippen molar-refractivity contribution in [2.75, 3.05) is 0 Å². The second-order valence-corrected chi connectivity index (χ2v) is 5.22. The third kappa shape index (κ3) is 3.56. The molecule has 20 heavy (non-hydrogen) atoms. The first-order valence-corrected chi connectivity index (χ1v) is 7.08. The largest absolute Gasteiger partial charge is 0.342 e. The molecule has 0 aliphatic carbocycles. The molecule has 0 saturated carbocycles. The van der Waals surface area contributed by atoms with Crippen molar-refractivity contribution < 1.29 is 4.39 Å². The summed E-state index contributed by atoms with van der Waals surface area (Å²) in [7, 11) is 0. The van der Waals surface area contributed by atoms with Gasteiger partial charge in [0.25, 0.3) is 0 Å². The molecular weight excluding hydrogens is 251 g/mol. The van der Waals surface area contributed by atoms with E-state index >= 15 is 0 Å². The molecule has 3 heteroatoms. The molecule has 0 aliphatic rings. The van der Waals surface area contributed by atoms with Crippen molar-refractivity contribution in [1.82, 2.24) is 9.97 Å². The Bertz CT molecular complexity index is 592. The number of benzene rings is 1. The van der Waals surface area contributed by atoms with Gasteiger partial charge in [0.1, 0.15) is 11.7 Å². The smallest absolute Gasteiger partial charge is 0.107 e. The second kappa shape index (κ2) is 6.51. The van der Waals surface area contributed by atoms with Crippen LogP contribution in [-0.4, -0.2) is 9.97 Å². The van der Waals surface area contributed by atoms with Crippen LogP contribution in [0.4, 0.5) is 4.39 Å². The maximum absolute atomic E-state index is 13.5. The number of halogens is 1. The topological polar surface area (TPSA) is 28.7 Å². The van der Waals surface area contributed by atoms with Crippen molar-refractivity contribution in [1.29, 1.82) is 0 Å². The molecule has 1 atom stereocenters. The fraction of sp³-hybridized carbons (Fsp3) is 0.353. The SMILES string of the molecule is C=C(/C=C(/F)CCC)[C@H](C)Cc1nc2ccccc2[nH]1. The molecule has 2 nitrogen and oxygen atoms in total. The number of imidazole rings is 1. The third-order valence-corrected chi connectivity index (χ3v) is 3.40. The first kappa shape index (κ1) is 14.5. The summed E-state index contributed by atoms with van der Waals surface area (Å²) in [5, 5.41) is 0. The number of nitrogens with one attached hydrogen (secondary N) is 1. The standard InChI is InChI=1S/C17H21FN2/c1-4-7-14(18)10-12(2)13(3)11-17-19-15-8-5-6-9-16(15)20-17/h5-6,8-10,13H,2,4,7,11H2,1,3H3,(H,19,20)/b14-10+/t13-/m1/s1. The first-order chi connectivity index (χ1) is 9.60. The molecule has 2 rings (SSSR count). The van der Waals surface area contributed by atoms with Crippen LogP contribution in [0, 0.1) is 5.92 Å². The minimum atomic E-state index is -0.0889. The molecule has 2 aromatic rings. The molecule has 0 spiro atoms. The molecule has 1 heterocycles. The highest BCUT2D eigenvalue weighted by Crippen LogP contribution is 2.20. The van der Waals surface area contributed by atoms with Crippen LogP contribution in [0.3, 0.4) is 0 Å². The van der Waals surface area contributed by atoms with Gasteiger partial charge < -0.3 is 4.98 Å². The summed E-state index contributed by atoms with van der Waals surface area (Å²) < 4.78 is 13.5. The summed E-state index contributed by atoms with van der Waals surface area (Å²) in [5.74, 6) is 0.997. The van der Waals surface area contributed by atoms with Gasteiger partial charge in [-0.15, -0.1) is 0 Å². The van der Waals surface area contributed by atoms with Crippen LogP contribution in [-0.2, 0) is 6.42 Å². The van der Waals surface area contributed by atoms with E-state index in [9.17, 15) is 4.39 Å². The molecule has 0 amide bonds. The molecule has 1 aromatic carbocycles. The number of rotatable bonds is 6. The van der Waals surface area contributed by atoms with Gasteiger partial charge in [0, 0.05) is 6.42 Å². The monoisotopic (exact) mass is 272 g/mol. The van der Waals surface area contributed by atoms with E-state index in [1.807, 2.05) is 38.1 Å². The lowest BCUT2D eigenvalue weighted by atomic mass is 9.98. The Morgan fingerprint density at radius 2 is 2.20 bits per heavy atom. The van der Waals surface area contributed by atoms with E-state index in [2.05, 4.69) is 16.5 Å². The number of allylic oxidation sites excluding steroid dienone is 3. The molecule has 0 aliphatic heterocycles. The first-order valence-electron chi connectivity index (χ1n) is 7.08. The number of para-hydroxylation sites is 2. The average Bonchev–Trinajstić information content (AvgIpc) is 2.80. The molecule has 0 radical (unpaired) electrons. The molecule has 1 aromatic heterocycles. The van der Waals surface area contributed by atoms with E-state index in [1.54, 1.807) is 6.08 Å². The number of aromatic amines is 1. The number of fused-ring (bicyclic) bond motifs is 1. The van der Waals surface area contributed by atoms with Crippen LogP contribution in [0.2, 0.25) is 0 Å². The number of nitrogens with zero attached hydrogens (tertiary/aromatic N) is 1. The normalized spacial score (nSPS) is 13.7. The van der Waals surface area contributed by atoms with Crippen LogP contribution in [0.15, 0.2) is 48.3 Å². The lowest BCUT2D eigenvalue weighted by Crippen LogP contribution is -2.03. The molecular formula is C17H21FN2. The number of hydrogen-bond donors (Lipinski definition) is 1. The van der Waals surface area contributed by atoms with E-state index in [4.69, 9.17) is 0 Å². The Morgan fingerprint density at radius 1 is 1.45 bits per heavy atom. The van der Waals surface area contributed by atoms with Crippen molar-refractivity contribution in [3.63, 3.8) is 0 Å². The van der Waals surface area contributed by atoms with E-state index in [0.717, 1.165) is 35.3 Å². The molecule has 1 N–H and O–H groups in total. The molecule has 0 bridgehead atoms. The fourth-order valence-electron chi connectivity index (χ4n) is 2.18. The Labute approximate surface area is 119 Å². The average molecular weight is 272 g/mol. The summed E-state index contributed by atoms with van der Waals surface area (Å²) >= 11 is 0. The van der Waals surface area contributed by atoms with Crippen molar-refractivity contribution in [3.8, 4) is 0 Å². The zero-order valence-electron chi connectivity index (χ0n) is 12.1. The van der Waals surface area contributed by atoms with E-state index in [-0.39, 0.29) is 11.7 Å². The van der Waals surface area contributed by atoms with Gasteiger partial charge >= 0.3 is 0 Å². The molecule has 0 unspecified atom stereocenters. The van der Waals surface area contributed by atoms with Crippen molar-refractivity contribution in [3.05, 3.63) is 54.1 Å². The third-order valence-electron chi connectivity index (χ3n) is 3.40. The number of H-pyrrole nitrogens is 1. The molecule has 106 valence electrons. The van der Waals surface area contributed by atoms with E-state index in [0.29, 0.717) is 6.42 Å². The Kier molecular flexibility index (Phi) is 4.72. The molecule has 0 fully saturated rings. The van der Waals surface area contributed by atoms with Crippen LogP contribution in [0.25, 0.3) is 11.0 Å². The maximum atomic E-state index is 13.5. The summed E-state index contributed by atoms with van der Waals surface area (Å²) in [4.78, 5) is 7.83. The van der Waals surface area contributed by atoms with Gasteiger partial charge in [-0.3, -0.25) is 0 Å². The quantitative estimate of drug-likeness (QED) is 0.740. The minimum Gasteiger partial charge on any atom is -0.342 e. The van der Waals surface area contributed by atoms with Gasteiger partial charge in [-0.05, 0) is 42.5 Å². The summed E-state index contributed by atoms with van der Waals surface area (Å²) in [6.45, 7) is 7.98. The minimum absolute atomic E-state index is 0.0889. The van der Waals surface area contributed by atoms with Crippen molar-refractivity contribution >= 4 is 11.0 Å². The van der Waals surface area contributed by atoms with Crippen molar-refractivity contribution in [2.24, 2.45) is 5.92 Å². The van der Waals surface area contributed by atoms with Crippen LogP contribution in [0.1, 0.15) is 32.5 Å². The lowest BCUT2D eigenvalue weighted by Gasteiger charge is -2.10. The predicted molar refractivity (Wildman–Crippen MR) is 82.2 cm³/mol. The highest BCUT2D eigenvalue weighted by molar-refractivity contribution is 5.74. The fourth-order valence-corrected chi connectivity index (χ4v) is 2.18. The zero-order valence-corrected chi connectivity index (χ0v) is 12.1. The number of hydrogen-bond acceptors (Lipinski definition) is 1. The summed E-state index contributed by atoms with van der Waals surface area (Å²) in [6, 6.07) is 7.94. The number of aromatic nitrogens is 2. The summed E-state index contributed by atoms with van der Waals surface area (Å²) in [5.41, 5.74) is 2.82.